The number of hydrogen-bond acceptors (Lipinski definition) is 4. The summed E-state index contributed by atoms with van der Waals surface area (Å²) in [6.45, 7) is 1.96. The Hall–Kier alpha value is -2.57. The molecule has 0 radical (unpaired) electrons. The van der Waals surface area contributed by atoms with Crippen LogP contribution in [0.5, 0.6) is 0 Å². The summed E-state index contributed by atoms with van der Waals surface area (Å²) in [5.74, 6) is -0.859. The highest BCUT2D eigenvalue weighted by Gasteiger charge is 2.22. The number of nitrogens with zero attached hydrogens (tertiary/aromatic N) is 4. The van der Waals surface area contributed by atoms with Gasteiger partial charge in [0.2, 0.25) is 5.82 Å². The number of hydrogen-bond donors (Lipinski definition) is 0. The van der Waals surface area contributed by atoms with Gasteiger partial charge in [-0.2, -0.15) is 10.1 Å². The second kappa shape index (κ2) is 6.38. The first kappa shape index (κ1) is 15.9. The fraction of sp³-hybridized carbons (Fsp3) is 0.389. The third kappa shape index (κ3) is 2.94. The van der Waals surface area contributed by atoms with Crippen LogP contribution in [-0.2, 0) is 0 Å². The Labute approximate surface area is 143 Å². The molecular weight excluding hydrogens is 326 g/mol. The standard InChI is InChI=1S/C18H18F2N4O/c1-11-15(10-21-24(11)13-5-3-2-4-6-13)18-22-17(23-25-18)14-9-12(19)7-8-16(14)20/h7-10,13H,2-6H2,1H3. The highest BCUT2D eigenvalue weighted by atomic mass is 19.1. The van der Waals surface area contributed by atoms with E-state index in [4.69, 9.17) is 4.52 Å². The molecule has 0 amide bonds. The van der Waals surface area contributed by atoms with Crippen molar-refractivity contribution in [2.24, 2.45) is 0 Å². The Morgan fingerprint density at radius 3 is 2.72 bits per heavy atom. The lowest BCUT2D eigenvalue weighted by Crippen LogP contribution is -2.15. The van der Waals surface area contributed by atoms with E-state index in [-0.39, 0.29) is 17.3 Å². The minimum atomic E-state index is -0.594. The topological polar surface area (TPSA) is 56.7 Å². The lowest BCUT2D eigenvalue weighted by atomic mass is 9.95. The summed E-state index contributed by atoms with van der Waals surface area (Å²) < 4.78 is 34.6. The van der Waals surface area contributed by atoms with Gasteiger partial charge in [0, 0.05) is 5.69 Å². The SMILES string of the molecule is Cc1c(-c2nc(-c3cc(F)ccc3F)no2)cnn1C1CCCCC1. The molecule has 1 aromatic carbocycles. The molecule has 0 bridgehead atoms. The van der Waals surface area contributed by atoms with Crippen LogP contribution >= 0.6 is 0 Å². The molecule has 2 aromatic heterocycles. The number of rotatable bonds is 3. The molecule has 0 spiro atoms. The van der Waals surface area contributed by atoms with E-state index in [9.17, 15) is 8.78 Å². The van der Waals surface area contributed by atoms with Crippen molar-refractivity contribution in [2.75, 3.05) is 0 Å². The van der Waals surface area contributed by atoms with Gasteiger partial charge in [0.05, 0.1) is 23.4 Å². The molecule has 0 aliphatic heterocycles. The second-order valence-corrected chi connectivity index (χ2v) is 6.43. The Morgan fingerprint density at radius 2 is 1.92 bits per heavy atom. The van der Waals surface area contributed by atoms with Gasteiger partial charge in [-0.15, -0.1) is 0 Å². The number of benzene rings is 1. The second-order valence-electron chi connectivity index (χ2n) is 6.43. The van der Waals surface area contributed by atoms with Gasteiger partial charge < -0.3 is 4.52 Å². The Balaban J connectivity index is 1.66. The van der Waals surface area contributed by atoms with Crippen molar-refractivity contribution in [1.29, 1.82) is 0 Å². The van der Waals surface area contributed by atoms with E-state index in [1.807, 2.05) is 11.6 Å². The number of aromatic nitrogens is 4. The summed E-state index contributed by atoms with van der Waals surface area (Å²) >= 11 is 0. The highest BCUT2D eigenvalue weighted by molar-refractivity contribution is 5.61. The van der Waals surface area contributed by atoms with Crippen LogP contribution in [0.3, 0.4) is 0 Å². The first-order chi connectivity index (χ1) is 12.1. The zero-order valence-electron chi connectivity index (χ0n) is 13.9. The minimum Gasteiger partial charge on any atom is -0.333 e. The van der Waals surface area contributed by atoms with Gasteiger partial charge in [-0.05, 0) is 38.0 Å². The third-order valence-corrected chi connectivity index (χ3v) is 4.79. The van der Waals surface area contributed by atoms with Crippen LogP contribution in [0.1, 0.15) is 43.8 Å². The molecule has 1 saturated carbocycles. The molecule has 0 saturated heterocycles. The zero-order chi connectivity index (χ0) is 17.4. The predicted octanol–water partition coefficient (Wildman–Crippen LogP) is 4.69. The van der Waals surface area contributed by atoms with Gasteiger partial charge in [0.25, 0.3) is 5.89 Å². The summed E-state index contributed by atoms with van der Waals surface area (Å²) in [6.07, 6.45) is 7.63. The first-order valence-corrected chi connectivity index (χ1v) is 8.47. The van der Waals surface area contributed by atoms with Crippen LogP contribution in [0, 0.1) is 18.6 Å². The molecule has 1 fully saturated rings. The van der Waals surface area contributed by atoms with E-state index in [2.05, 4.69) is 15.2 Å². The molecule has 3 aromatic rings. The highest BCUT2D eigenvalue weighted by Crippen LogP contribution is 2.32. The molecule has 2 heterocycles. The third-order valence-electron chi connectivity index (χ3n) is 4.79. The molecule has 1 aliphatic rings. The molecule has 1 aliphatic carbocycles. The molecular formula is C18H18F2N4O. The molecule has 130 valence electrons. The van der Waals surface area contributed by atoms with Crippen LogP contribution in [0.15, 0.2) is 28.9 Å². The summed E-state index contributed by atoms with van der Waals surface area (Å²) in [7, 11) is 0. The molecule has 0 atom stereocenters. The Bertz CT molecular complexity index is 896. The van der Waals surface area contributed by atoms with E-state index in [0.29, 0.717) is 6.04 Å². The fourth-order valence-electron chi connectivity index (χ4n) is 3.44. The van der Waals surface area contributed by atoms with Crippen molar-refractivity contribution in [3.8, 4) is 22.8 Å². The zero-order valence-corrected chi connectivity index (χ0v) is 13.9. The van der Waals surface area contributed by atoms with Crippen LogP contribution in [0.2, 0.25) is 0 Å². The maximum absolute atomic E-state index is 13.9. The van der Waals surface area contributed by atoms with Gasteiger partial charge in [-0.1, -0.05) is 24.4 Å². The molecule has 0 unspecified atom stereocenters. The molecule has 5 nitrogen and oxygen atoms in total. The lowest BCUT2D eigenvalue weighted by Gasteiger charge is -2.23. The van der Waals surface area contributed by atoms with Crippen molar-refractivity contribution < 1.29 is 13.3 Å². The monoisotopic (exact) mass is 344 g/mol. The number of halogens is 2. The summed E-state index contributed by atoms with van der Waals surface area (Å²) in [6, 6.07) is 3.55. The van der Waals surface area contributed by atoms with Gasteiger partial charge >= 0.3 is 0 Å². The summed E-state index contributed by atoms with van der Waals surface area (Å²) in [5, 5.41) is 8.28. The van der Waals surface area contributed by atoms with Gasteiger partial charge in [-0.3, -0.25) is 4.68 Å². The first-order valence-electron chi connectivity index (χ1n) is 8.47. The average Bonchev–Trinajstić information content (AvgIpc) is 3.24. The van der Waals surface area contributed by atoms with Crippen molar-refractivity contribution in [3.05, 3.63) is 41.7 Å². The van der Waals surface area contributed by atoms with E-state index < -0.39 is 11.6 Å². The van der Waals surface area contributed by atoms with Gasteiger partial charge in [0.1, 0.15) is 11.6 Å². The van der Waals surface area contributed by atoms with Crippen molar-refractivity contribution in [2.45, 2.75) is 45.1 Å². The van der Waals surface area contributed by atoms with Gasteiger partial charge in [-0.25, -0.2) is 8.78 Å². The van der Waals surface area contributed by atoms with E-state index >= 15 is 0 Å². The van der Waals surface area contributed by atoms with Crippen LogP contribution in [0.4, 0.5) is 8.78 Å². The van der Waals surface area contributed by atoms with Crippen LogP contribution in [0.25, 0.3) is 22.8 Å². The van der Waals surface area contributed by atoms with E-state index in [0.717, 1.165) is 42.3 Å². The van der Waals surface area contributed by atoms with Crippen molar-refractivity contribution >= 4 is 0 Å². The minimum absolute atomic E-state index is 0.0210. The van der Waals surface area contributed by atoms with Crippen LogP contribution < -0.4 is 0 Å². The fourth-order valence-corrected chi connectivity index (χ4v) is 3.44. The smallest absolute Gasteiger partial charge is 0.261 e. The largest absolute Gasteiger partial charge is 0.333 e. The summed E-state index contributed by atoms with van der Waals surface area (Å²) in [5.41, 5.74) is 1.65. The molecule has 4 rings (SSSR count). The molecule has 0 N–H and O–H groups in total. The maximum Gasteiger partial charge on any atom is 0.261 e. The maximum atomic E-state index is 13.9. The summed E-state index contributed by atoms with van der Waals surface area (Å²) in [4.78, 5) is 4.23. The quantitative estimate of drug-likeness (QED) is 0.691. The molecule has 7 heteroatoms. The van der Waals surface area contributed by atoms with Crippen LogP contribution in [-0.4, -0.2) is 19.9 Å². The predicted molar refractivity (Wildman–Crippen MR) is 87.7 cm³/mol. The Morgan fingerprint density at radius 1 is 1.12 bits per heavy atom. The van der Waals surface area contributed by atoms with E-state index in [1.165, 1.54) is 19.3 Å². The average molecular weight is 344 g/mol. The Kier molecular flexibility index (Phi) is 4.07. The van der Waals surface area contributed by atoms with Crippen molar-refractivity contribution in [3.63, 3.8) is 0 Å². The normalized spacial score (nSPS) is 15.6. The van der Waals surface area contributed by atoms with Crippen molar-refractivity contribution in [1.82, 2.24) is 19.9 Å². The lowest BCUT2D eigenvalue weighted by molar-refractivity contribution is 0.325. The van der Waals surface area contributed by atoms with Gasteiger partial charge in [0.15, 0.2) is 0 Å². The molecule has 25 heavy (non-hydrogen) atoms. The van der Waals surface area contributed by atoms with E-state index in [1.54, 1.807) is 6.20 Å².